The van der Waals surface area contributed by atoms with Crippen molar-refractivity contribution >= 4 is 27.0 Å². The summed E-state index contributed by atoms with van der Waals surface area (Å²) < 4.78 is 8.06. The van der Waals surface area contributed by atoms with Crippen LogP contribution in [0.25, 0.3) is 11.0 Å². The van der Waals surface area contributed by atoms with E-state index in [0.29, 0.717) is 0 Å². The molecule has 0 aliphatic rings. The first-order valence-electron chi connectivity index (χ1n) is 4.91. The molecule has 0 amide bonds. The molecule has 2 aromatic rings. The highest BCUT2D eigenvalue weighted by Crippen LogP contribution is 2.17. The van der Waals surface area contributed by atoms with Gasteiger partial charge in [0.25, 0.3) is 0 Å². The van der Waals surface area contributed by atoms with E-state index < -0.39 is 0 Å². The van der Waals surface area contributed by atoms with E-state index >= 15 is 0 Å². The monoisotopic (exact) mass is 268 g/mol. The zero-order chi connectivity index (χ0) is 10.7. The molecule has 0 unspecified atom stereocenters. The van der Waals surface area contributed by atoms with Crippen LogP contribution in [0.5, 0.6) is 0 Å². The quantitative estimate of drug-likeness (QED) is 0.630. The molecule has 0 aliphatic carbocycles. The van der Waals surface area contributed by atoms with Crippen LogP contribution in [0.15, 0.2) is 29.0 Å². The van der Waals surface area contributed by atoms with E-state index in [1.165, 1.54) is 5.39 Å². The number of nitrogens with zero attached hydrogens (tertiary/aromatic N) is 2. The number of pyridine rings is 1. The zero-order valence-electron chi connectivity index (χ0n) is 8.61. The molecule has 15 heavy (non-hydrogen) atoms. The van der Waals surface area contributed by atoms with Crippen LogP contribution >= 0.6 is 15.9 Å². The van der Waals surface area contributed by atoms with Gasteiger partial charge in [-0.1, -0.05) is 0 Å². The number of rotatable bonds is 4. The Kier molecular flexibility index (Phi) is 3.38. The first-order chi connectivity index (χ1) is 7.31. The highest BCUT2D eigenvalue weighted by atomic mass is 79.9. The van der Waals surface area contributed by atoms with Gasteiger partial charge in [0.2, 0.25) is 0 Å². The predicted molar refractivity (Wildman–Crippen MR) is 63.9 cm³/mol. The highest BCUT2D eigenvalue weighted by molar-refractivity contribution is 9.10. The number of aromatic nitrogens is 2. The summed E-state index contributed by atoms with van der Waals surface area (Å²) in [5.74, 6) is 0. The van der Waals surface area contributed by atoms with E-state index in [0.717, 1.165) is 29.8 Å². The minimum absolute atomic E-state index is 0.785. The Labute approximate surface area is 97.2 Å². The third-order valence-corrected chi connectivity index (χ3v) is 2.77. The van der Waals surface area contributed by atoms with Gasteiger partial charge in [-0.3, -0.25) is 0 Å². The van der Waals surface area contributed by atoms with Crippen LogP contribution in [0, 0.1) is 0 Å². The van der Waals surface area contributed by atoms with Gasteiger partial charge in [0.1, 0.15) is 10.3 Å². The lowest BCUT2D eigenvalue weighted by Crippen LogP contribution is -2.00. The Balaban J connectivity index is 2.23. The molecule has 2 aromatic heterocycles. The molecule has 0 spiro atoms. The van der Waals surface area contributed by atoms with Crippen molar-refractivity contribution in [3.8, 4) is 0 Å². The van der Waals surface area contributed by atoms with E-state index in [4.69, 9.17) is 4.74 Å². The zero-order valence-corrected chi connectivity index (χ0v) is 10.2. The van der Waals surface area contributed by atoms with Gasteiger partial charge < -0.3 is 9.30 Å². The van der Waals surface area contributed by atoms with Crippen molar-refractivity contribution in [3.63, 3.8) is 0 Å². The van der Waals surface area contributed by atoms with Crippen LogP contribution in [-0.4, -0.2) is 23.3 Å². The second kappa shape index (κ2) is 4.77. The van der Waals surface area contributed by atoms with Crippen LogP contribution < -0.4 is 0 Å². The Hall–Kier alpha value is -0.870. The number of halogens is 1. The predicted octanol–water partition coefficient (Wildman–Crippen LogP) is 2.84. The van der Waals surface area contributed by atoms with Crippen molar-refractivity contribution in [2.75, 3.05) is 13.7 Å². The summed E-state index contributed by atoms with van der Waals surface area (Å²) >= 11 is 3.38. The van der Waals surface area contributed by atoms with Crippen LogP contribution in [-0.2, 0) is 11.3 Å². The van der Waals surface area contributed by atoms with Gasteiger partial charge in [-0.05, 0) is 40.5 Å². The number of hydrogen-bond donors (Lipinski definition) is 0. The standard InChI is InChI=1S/C11H13BrN2O/c1-15-8-2-6-14-7-5-9-3-4-10(12)13-11(9)14/h3-5,7H,2,6,8H2,1H3. The molecule has 0 saturated heterocycles. The lowest BCUT2D eigenvalue weighted by molar-refractivity contribution is 0.190. The third kappa shape index (κ3) is 2.38. The van der Waals surface area contributed by atoms with E-state index in [1.54, 1.807) is 7.11 Å². The SMILES string of the molecule is COCCCn1ccc2ccc(Br)nc21. The van der Waals surface area contributed by atoms with Crippen molar-refractivity contribution in [1.29, 1.82) is 0 Å². The van der Waals surface area contributed by atoms with E-state index in [1.807, 2.05) is 6.07 Å². The van der Waals surface area contributed by atoms with Gasteiger partial charge >= 0.3 is 0 Å². The average molecular weight is 269 g/mol. The Bertz CT molecular complexity index is 453. The van der Waals surface area contributed by atoms with Crippen LogP contribution in [0.1, 0.15) is 6.42 Å². The first-order valence-corrected chi connectivity index (χ1v) is 5.71. The number of methoxy groups -OCH3 is 1. The van der Waals surface area contributed by atoms with Crippen molar-refractivity contribution < 1.29 is 4.74 Å². The number of aryl methyl sites for hydroxylation is 1. The maximum Gasteiger partial charge on any atom is 0.141 e. The van der Waals surface area contributed by atoms with Crippen molar-refractivity contribution in [3.05, 3.63) is 29.0 Å². The van der Waals surface area contributed by atoms with Crippen LogP contribution in [0.4, 0.5) is 0 Å². The van der Waals surface area contributed by atoms with Gasteiger partial charge in [0.15, 0.2) is 0 Å². The summed E-state index contributed by atoms with van der Waals surface area (Å²) in [6.45, 7) is 1.73. The summed E-state index contributed by atoms with van der Waals surface area (Å²) in [4.78, 5) is 4.45. The molecule has 4 heteroatoms. The second-order valence-corrected chi connectivity index (χ2v) is 4.21. The van der Waals surface area contributed by atoms with E-state index in [-0.39, 0.29) is 0 Å². The normalized spacial score (nSPS) is 11.1. The van der Waals surface area contributed by atoms with E-state index in [9.17, 15) is 0 Å². The molecule has 0 bridgehead atoms. The summed E-state index contributed by atoms with van der Waals surface area (Å²) in [5, 5.41) is 1.18. The lowest BCUT2D eigenvalue weighted by atomic mass is 10.3. The smallest absolute Gasteiger partial charge is 0.141 e. The molecular weight excluding hydrogens is 256 g/mol. The van der Waals surface area contributed by atoms with Gasteiger partial charge in [0, 0.05) is 31.8 Å². The van der Waals surface area contributed by atoms with Gasteiger partial charge in [0.05, 0.1) is 0 Å². The fourth-order valence-electron chi connectivity index (χ4n) is 1.60. The fraction of sp³-hybridized carbons (Fsp3) is 0.364. The molecule has 0 atom stereocenters. The van der Waals surface area contributed by atoms with E-state index in [2.05, 4.69) is 43.8 Å². The Morgan fingerprint density at radius 1 is 1.40 bits per heavy atom. The maximum absolute atomic E-state index is 5.03. The minimum Gasteiger partial charge on any atom is -0.385 e. The molecule has 0 radical (unpaired) electrons. The van der Waals surface area contributed by atoms with Crippen molar-refractivity contribution in [1.82, 2.24) is 9.55 Å². The summed E-state index contributed by atoms with van der Waals surface area (Å²) in [5.41, 5.74) is 1.03. The Morgan fingerprint density at radius 3 is 3.07 bits per heavy atom. The molecule has 2 heterocycles. The fourth-order valence-corrected chi connectivity index (χ4v) is 1.90. The molecule has 3 nitrogen and oxygen atoms in total. The molecule has 0 aromatic carbocycles. The number of ether oxygens (including phenoxy) is 1. The third-order valence-electron chi connectivity index (χ3n) is 2.32. The van der Waals surface area contributed by atoms with Crippen molar-refractivity contribution in [2.24, 2.45) is 0 Å². The number of fused-ring (bicyclic) bond motifs is 1. The summed E-state index contributed by atoms with van der Waals surface area (Å²) in [7, 11) is 1.72. The molecule has 0 saturated carbocycles. The summed E-state index contributed by atoms with van der Waals surface area (Å²) in [6.07, 6.45) is 3.08. The molecular formula is C11H13BrN2O. The van der Waals surface area contributed by atoms with Crippen LogP contribution in [0.3, 0.4) is 0 Å². The Morgan fingerprint density at radius 2 is 2.27 bits per heavy atom. The van der Waals surface area contributed by atoms with Crippen molar-refractivity contribution in [2.45, 2.75) is 13.0 Å². The molecule has 80 valence electrons. The van der Waals surface area contributed by atoms with Gasteiger partial charge in [-0.2, -0.15) is 0 Å². The average Bonchev–Trinajstić information content (AvgIpc) is 2.62. The summed E-state index contributed by atoms with van der Waals surface area (Å²) in [6, 6.07) is 6.11. The molecule has 0 N–H and O–H groups in total. The molecule has 0 aliphatic heterocycles. The lowest BCUT2D eigenvalue weighted by Gasteiger charge is -2.04. The number of hydrogen-bond acceptors (Lipinski definition) is 2. The minimum atomic E-state index is 0.785. The van der Waals surface area contributed by atoms with Gasteiger partial charge in [-0.15, -0.1) is 0 Å². The maximum atomic E-state index is 5.03. The second-order valence-electron chi connectivity index (χ2n) is 3.40. The van der Waals surface area contributed by atoms with Gasteiger partial charge in [-0.25, -0.2) is 4.98 Å². The molecule has 2 rings (SSSR count). The first kappa shape index (κ1) is 10.6. The topological polar surface area (TPSA) is 27.1 Å². The largest absolute Gasteiger partial charge is 0.385 e. The highest BCUT2D eigenvalue weighted by Gasteiger charge is 2.02. The van der Waals surface area contributed by atoms with Crippen LogP contribution in [0.2, 0.25) is 0 Å². The molecule has 0 fully saturated rings.